The third-order valence-electron chi connectivity index (χ3n) is 7.70. The number of hydrogen-bond donors (Lipinski definition) is 2. The van der Waals surface area contributed by atoms with Gasteiger partial charge < -0.3 is 20.1 Å². The zero-order valence-corrected chi connectivity index (χ0v) is 24.4. The van der Waals surface area contributed by atoms with Gasteiger partial charge in [-0.3, -0.25) is 9.78 Å². The van der Waals surface area contributed by atoms with E-state index in [0.717, 1.165) is 44.8 Å². The second-order valence-electron chi connectivity index (χ2n) is 10.3. The maximum atomic E-state index is 13.2. The van der Waals surface area contributed by atoms with E-state index in [-0.39, 0.29) is 24.4 Å². The Labute approximate surface area is 250 Å². The Morgan fingerprint density at radius 3 is 2.59 bits per heavy atom. The van der Waals surface area contributed by atoms with E-state index in [1.807, 2.05) is 78.9 Å². The number of rotatable bonds is 7. The first kappa shape index (κ1) is 27.0. The molecule has 3 aromatic carbocycles. The lowest BCUT2D eigenvalue weighted by Crippen LogP contribution is -2.33. The fourth-order valence-electron chi connectivity index (χ4n) is 5.85. The second kappa shape index (κ2) is 11.4. The van der Waals surface area contributed by atoms with Gasteiger partial charge in [-0.25, -0.2) is 0 Å². The molecule has 6 rings (SSSR count). The van der Waals surface area contributed by atoms with E-state index >= 15 is 0 Å². The fraction of sp³-hybridized carbons (Fsp3) is 0.182. The van der Waals surface area contributed by atoms with Crippen LogP contribution in [0.3, 0.4) is 0 Å². The highest BCUT2D eigenvalue weighted by molar-refractivity contribution is 7.80. The number of carbonyl (C=O) groups excluding carboxylic acids is 1. The number of pyridine rings is 1. The van der Waals surface area contributed by atoms with E-state index in [9.17, 15) is 4.79 Å². The number of fused-ring (bicyclic) bond motifs is 1. The van der Waals surface area contributed by atoms with E-state index < -0.39 is 0 Å². The number of carbonyl (C=O) groups is 1. The molecular weight excluding hydrogens is 550 g/mol. The molecule has 2 atom stereocenters. The van der Waals surface area contributed by atoms with Gasteiger partial charge in [0.2, 0.25) is 5.91 Å². The monoisotopic (exact) mass is 579 g/mol. The van der Waals surface area contributed by atoms with Crippen molar-refractivity contribution in [3.8, 4) is 5.69 Å². The molecule has 1 aliphatic heterocycles. The minimum absolute atomic E-state index is 0.0615. The van der Waals surface area contributed by atoms with Crippen LogP contribution in [0.5, 0.6) is 0 Å². The lowest BCUT2D eigenvalue weighted by molar-refractivity contribution is -0.116. The number of aryl methyl sites for hydroxylation is 1. The highest BCUT2D eigenvalue weighted by Gasteiger charge is 2.41. The number of hydrogen-bond acceptors (Lipinski definition) is 3. The van der Waals surface area contributed by atoms with Crippen molar-refractivity contribution >= 4 is 51.3 Å². The molecule has 206 valence electrons. The number of benzene rings is 3. The molecule has 1 amide bonds. The molecule has 1 saturated heterocycles. The highest BCUT2D eigenvalue weighted by atomic mass is 35.5. The summed E-state index contributed by atoms with van der Waals surface area (Å²) in [6.45, 7) is 4.67. The Morgan fingerprint density at radius 2 is 1.78 bits per heavy atom. The van der Waals surface area contributed by atoms with Gasteiger partial charge in [-0.05, 0) is 79.5 Å². The van der Waals surface area contributed by atoms with Crippen molar-refractivity contribution in [1.82, 2.24) is 19.8 Å². The molecule has 0 radical (unpaired) electrons. The van der Waals surface area contributed by atoms with Crippen LogP contribution in [0.4, 0.5) is 5.69 Å². The summed E-state index contributed by atoms with van der Waals surface area (Å²) in [7, 11) is 0. The Kier molecular flexibility index (Phi) is 7.47. The molecule has 3 heterocycles. The summed E-state index contributed by atoms with van der Waals surface area (Å²) in [5.74, 6) is -0.0615. The van der Waals surface area contributed by atoms with Gasteiger partial charge in [-0.15, -0.1) is 0 Å². The van der Waals surface area contributed by atoms with E-state index in [1.165, 1.54) is 0 Å². The first-order valence-electron chi connectivity index (χ1n) is 13.6. The number of halogens is 1. The van der Waals surface area contributed by atoms with Crippen molar-refractivity contribution in [2.45, 2.75) is 32.4 Å². The predicted octanol–water partition coefficient (Wildman–Crippen LogP) is 7.30. The van der Waals surface area contributed by atoms with Crippen LogP contribution < -0.4 is 10.6 Å². The Morgan fingerprint density at radius 1 is 1.00 bits per heavy atom. The van der Waals surface area contributed by atoms with E-state index in [2.05, 4.69) is 51.1 Å². The van der Waals surface area contributed by atoms with Crippen LogP contribution in [-0.2, 0) is 4.79 Å². The highest BCUT2D eigenvalue weighted by Crippen LogP contribution is 2.41. The minimum Gasteiger partial charge on any atom is -0.352 e. The summed E-state index contributed by atoms with van der Waals surface area (Å²) in [5, 5.41) is 10.0. The molecule has 0 spiro atoms. The molecule has 2 N–H and O–H groups in total. The molecule has 41 heavy (non-hydrogen) atoms. The van der Waals surface area contributed by atoms with Crippen LogP contribution in [0, 0.1) is 13.8 Å². The number of aromatic nitrogens is 2. The third kappa shape index (κ3) is 5.31. The van der Waals surface area contributed by atoms with Crippen molar-refractivity contribution in [2.24, 2.45) is 0 Å². The normalized spacial score (nSPS) is 16.7. The summed E-state index contributed by atoms with van der Waals surface area (Å²) in [6, 6.07) is 29.6. The van der Waals surface area contributed by atoms with Crippen molar-refractivity contribution in [3.63, 3.8) is 0 Å². The number of thiocarbonyl (C=S) groups is 1. The topological polar surface area (TPSA) is 62.2 Å². The fourth-order valence-corrected chi connectivity index (χ4v) is 6.37. The zero-order chi connectivity index (χ0) is 28.5. The van der Waals surface area contributed by atoms with E-state index in [4.69, 9.17) is 23.8 Å². The molecule has 2 aromatic heterocycles. The average molecular weight is 580 g/mol. The summed E-state index contributed by atoms with van der Waals surface area (Å²) in [4.78, 5) is 20.0. The van der Waals surface area contributed by atoms with Crippen LogP contribution in [0.2, 0.25) is 5.02 Å². The van der Waals surface area contributed by atoms with Gasteiger partial charge in [0, 0.05) is 52.3 Å². The standard InChI is InChI=1S/C33H30ClN5OS/c1-21-19-27(22(2)39(21)25-12-8-11-24(34)20-25)32-31(29-14-5-6-17-35-29)37-33(41)38(32)18-16-30(40)36-28-15-7-10-23-9-3-4-13-26(23)28/h3-15,17,19-20,31-32H,16,18H2,1-2H3,(H,36,40)(H,37,41)/t31-,32-/m1/s1. The molecular formula is C33H30ClN5OS. The van der Waals surface area contributed by atoms with Gasteiger partial charge in [0.15, 0.2) is 5.11 Å². The Hall–Kier alpha value is -4.20. The van der Waals surface area contributed by atoms with Crippen LogP contribution >= 0.6 is 23.8 Å². The summed E-state index contributed by atoms with van der Waals surface area (Å²) >= 11 is 12.2. The average Bonchev–Trinajstić information content (AvgIpc) is 3.46. The minimum atomic E-state index is -0.168. The summed E-state index contributed by atoms with van der Waals surface area (Å²) in [6.07, 6.45) is 2.08. The molecule has 1 aliphatic rings. The first-order chi connectivity index (χ1) is 19.9. The largest absolute Gasteiger partial charge is 0.352 e. The van der Waals surface area contributed by atoms with Gasteiger partial charge in [0.05, 0.1) is 17.8 Å². The smallest absolute Gasteiger partial charge is 0.226 e. The number of nitrogens with one attached hydrogen (secondary N) is 2. The number of amides is 1. The molecule has 0 unspecified atom stereocenters. The van der Waals surface area contributed by atoms with Gasteiger partial charge in [-0.2, -0.15) is 0 Å². The Bertz CT molecular complexity index is 1750. The molecule has 5 aromatic rings. The number of anilines is 1. The SMILES string of the molecule is Cc1cc([C@@H]2[C@@H](c3ccccn3)NC(=S)N2CCC(=O)Nc2cccc3ccccc23)c(C)n1-c1cccc(Cl)c1. The predicted molar refractivity (Wildman–Crippen MR) is 170 cm³/mol. The van der Waals surface area contributed by atoms with Gasteiger partial charge >= 0.3 is 0 Å². The van der Waals surface area contributed by atoms with E-state index in [1.54, 1.807) is 6.20 Å². The van der Waals surface area contributed by atoms with Crippen LogP contribution in [-0.4, -0.2) is 32.0 Å². The molecule has 1 fully saturated rings. The molecule has 0 bridgehead atoms. The lowest BCUT2D eigenvalue weighted by atomic mass is 9.96. The molecule has 6 nitrogen and oxygen atoms in total. The Balaban J connectivity index is 1.31. The molecule has 8 heteroatoms. The summed E-state index contributed by atoms with van der Waals surface area (Å²) in [5.41, 5.74) is 6.01. The van der Waals surface area contributed by atoms with Gasteiger partial charge in [0.1, 0.15) is 0 Å². The molecule has 0 saturated carbocycles. The number of nitrogens with zero attached hydrogens (tertiary/aromatic N) is 3. The lowest BCUT2D eigenvalue weighted by Gasteiger charge is -2.28. The van der Waals surface area contributed by atoms with Gasteiger partial charge in [0.25, 0.3) is 0 Å². The van der Waals surface area contributed by atoms with Gasteiger partial charge in [-0.1, -0.05) is 60.1 Å². The molecule has 0 aliphatic carbocycles. The van der Waals surface area contributed by atoms with E-state index in [0.29, 0.717) is 16.7 Å². The third-order valence-corrected chi connectivity index (χ3v) is 8.28. The maximum Gasteiger partial charge on any atom is 0.226 e. The van der Waals surface area contributed by atoms with Crippen molar-refractivity contribution in [1.29, 1.82) is 0 Å². The van der Waals surface area contributed by atoms with Crippen LogP contribution in [0.1, 0.15) is 41.1 Å². The zero-order valence-electron chi connectivity index (χ0n) is 22.8. The van der Waals surface area contributed by atoms with Crippen molar-refractivity contribution in [3.05, 3.63) is 125 Å². The van der Waals surface area contributed by atoms with Crippen LogP contribution in [0.25, 0.3) is 16.5 Å². The quantitative estimate of drug-likeness (QED) is 0.198. The van der Waals surface area contributed by atoms with Crippen molar-refractivity contribution in [2.75, 3.05) is 11.9 Å². The van der Waals surface area contributed by atoms with Crippen molar-refractivity contribution < 1.29 is 4.79 Å². The van der Waals surface area contributed by atoms with Crippen LogP contribution in [0.15, 0.2) is 97.2 Å². The summed E-state index contributed by atoms with van der Waals surface area (Å²) < 4.78 is 2.21. The maximum absolute atomic E-state index is 13.2. The first-order valence-corrected chi connectivity index (χ1v) is 14.4. The second-order valence-corrected chi connectivity index (χ2v) is 11.1.